The fraction of sp³-hybridized carbons (Fsp3) is 0.880. The van der Waals surface area contributed by atoms with Gasteiger partial charge in [0, 0.05) is 6.42 Å². The number of amides is 1. The molecular weight excluding hydrogens is 1200 g/mol. The molecular formula is C75H137NO18. The van der Waals surface area contributed by atoms with Crippen LogP contribution in [0, 0.1) is 0 Å². The van der Waals surface area contributed by atoms with E-state index in [9.17, 15) is 61.0 Å². The van der Waals surface area contributed by atoms with Crippen LogP contribution in [-0.4, -0.2) is 193 Å². The molecule has 17 unspecified atom stereocenters. The molecule has 0 radical (unpaired) electrons. The zero-order valence-corrected chi connectivity index (χ0v) is 58.4. The van der Waals surface area contributed by atoms with Gasteiger partial charge < -0.3 is 89.9 Å². The zero-order valence-electron chi connectivity index (χ0n) is 58.4. The van der Waals surface area contributed by atoms with E-state index in [1.165, 1.54) is 180 Å². The Morgan fingerprint density at radius 1 is 0.383 bits per heavy atom. The van der Waals surface area contributed by atoms with Crippen LogP contribution in [0.4, 0.5) is 0 Å². The number of carbonyl (C=O) groups excluding carboxylic acids is 1. The average Bonchev–Trinajstić information content (AvgIpc) is 0.787. The number of aliphatic hydroxyl groups excluding tert-OH is 11. The van der Waals surface area contributed by atoms with Crippen LogP contribution >= 0.6 is 0 Å². The van der Waals surface area contributed by atoms with Crippen molar-refractivity contribution >= 4 is 5.91 Å². The van der Waals surface area contributed by atoms with Crippen LogP contribution in [0.5, 0.6) is 0 Å². The molecule has 0 saturated carbocycles. The van der Waals surface area contributed by atoms with Crippen molar-refractivity contribution in [3.05, 3.63) is 48.6 Å². The van der Waals surface area contributed by atoms with Gasteiger partial charge in [-0.25, -0.2) is 0 Å². The van der Waals surface area contributed by atoms with E-state index in [4.69, 9.17) is 28.4 Å². The molecule has 0 spiro atoms. The molecule has 0 aromatic heterocycles. The SMILES string of the molecule is CCCCC/C=C\C/C=C\CCCCCCCCCC(=O)NC(COC1OC(CO)C(OC2OC(CO)C(OC3OC(CO)C(O)C(O)C3O)C(O)C2O)C(O)C1O)C(O)/C=C/CC/C=C/CCCCCCCCCCCCCCCCCCCCCCCCCCCC. The molecule has 17 atom stereocenters. The Hall–Kier alpha value is -2.25. The summed E-state index contributed by atoms with van der Waals surface area (Å²) < 4.78 is 34.4. The summed E-state index contributed by atoms with van der Waals surface area (Å²) in [6, 6.07) is -0.996. The van der Waals surface area contributed by atoms with Gasteiger partial charge in [0.25, 0.3) is 0 Å². The van der Waals surface area contributed by atoms with Gasteiger partial charge in [-0.15, -0.1) is 0 Å². The highest BCUT2D eigenvalue weighted by Crippen LogP contribution is 2.33. The van der Waals surface area contributed by atoms with Crippen molar-refractivity contribution in [1.29, 1.82) is 0 Å². The van der Waals surface area contributed by atoms with Crippen molar-refractivity contribution in [3.8, 4) is 0 Å². The van der Waals surface area contributed by atoms with Crippen molar-refractivity contribution in [2.45, 2.75) is 394 Å². The van der Waals surface area contributed by atoms with Crippen LogP contribution in [0.25, 0.3) is 0 Å². The molecule has 0 aromatic rings. The largest absolute Gasteiger partial charge is 0.394 e. The maximum absolute atomic E-state index is 13.4. The van der Waals surface area contributed by atoms with Gasteiger partial charge in [-0.3, -0.25) is 4.79 Å². The van der Waals surface area contributed by atoms with E-state index in [1.807, 2.05) is 6.08 Å². The highest BCUT2D eigenvalue weighted by Gasteiger charge is 2.53. The minimum absolute atomic E-state index is 0.226. The summed E-state index contributed by atoms with van der Waals surface area (Å²) in [5, 5.41) is 121. The molecule has 3 rings (SSSR count). The highest BCUT2D eigenvalue weighted by molar-refractivity contribution is 5.76. The third-order valence-corrected chi connectivity index (χ3v) is 18.8. The summed E-state index contributed by atoms with van der Waals surface area (Å²) in [5.41, 5.74) is 0. The second-order valence-corrected chi connectivity index (χ2v) is 27.1. The second kappa shape index (κ2) is 56.5. The summed E-state index contributed by atoms with van der Waals surface area (Å²) in [5.74, 6) is -0.292. The lowest BCUT2D eigenvalue weighted by molar-refractivity contribution is -0.379. The predicted molar refractivity (Wildman–Crippen MR) is 369 cm³/mol. The summed E-state index contributed by atoms with van der Waals surface area (Å²) in [4.78, 5) is 13.4. The molecule has 1 amide bonds. The minimum Gasteiger partial charge on any atom is -0.394 e. The van der Waals surface area contributed by atoms with Crippen molar-refractivity contribution in [2.75, 3.05) is 26.4 Å². The van der Waals surface area contributed by atoms with Crippen LogP contribution in [0.3, 0.4) is 0 Å². The number of nitrogens with one attached hydrogen (secondary N) is 1. The first-order chi connectivity index (χ1) is 45.8. The van der Waals surface area contributed by atoms with E-state index in [0.717, 1.165) is 77.0 Å². The van der Waals surface area contributed by atoms with E-state index in [0.29, 0.717) is 12.8 Å². The van der Waals surface area contributed by atoms with Gasteiger partial charge in [0.15, 0.2) is 18.9 Å². The Morgan fingerprint density at radius 3 is 1.15 bits per heavy atom. The number of carbonyl (C=O) groups is 1. The molecule has 3 heterocycles. The lowest BCUT2D eigenvalue weighted by Gasteiger charge is -2.48. The first-order valence-electron chi connectivity index (χ1n) is 37.9. The first-order valence-corrected chi connectivity index (χ1v) is 37.9. The smallest absolute Gasteiger partial charge is 0.220 e. The van der Waals surface area contributed by atoms with Crippen LogP contribution in [0.1, 0.15) is 290 Å². The van der Waals surface area contributed by atoms with Gasteiger partial charge in [0.2, 0.25) is 5.91 Å². The van der Waals surface area contributed by atoms with Crippen LogP contribution in [0.15, 0.2) is 48.6 Å². The first kappa shape index (κ1) is 86.0. The van der Waals surface area contributed by atoms with Gasteiger partial charge in [-0.1, -0.05) is 268 Å². The summed E-state index contributed by atoms with van der Waals surface area (Å²) in [6.45, 7) is 1.71. The molecule has 12 N–H and O–H groups in total. The minimum atomic E-state index is -1.98. The van der Waals surface area contributed by atoms with Gasteiger partial charge in [-0.2, -0.15) is 0 Å². The molecule has 3 aliphatic rings. The number of unbranched alkanes of at least 4 members (excludes halogenated alkanes) is 37. The summed E-state index contributed by atoms with van der Waals surface area (Å²) in [7, 11) is 0. The Bertz CT molecular complexity index is 1890. The third kappa shape index (κ3) is 37.3. The third-order valence-electron chi connectivity index (χ3n) is 18.8. The molecule has 94 heavy (non-hydrogen) atoms. The fourth-order valence-electron chi connectivity index (χ4n) is 12.7. The van der Waals surface area contributed by atoms with Crippen molar-refractivity contribution in [2.24, 2.45) is 0 Å². The fourth-order valence-corrected chi connectivity index (χ4v) is 12.7. The van der Waals surface area contributed by atoms with Crippen molar-refractivity contribution in [1.82, 2.24) is 5.32 Å². The van der Waals surface area contributed by atoms with E-state index in [-0.39, 0.29) is 18.9 Å². The second-order valence-electron chi connectivity index (χ2n) is 27.1. The molecule has 0 aliphatic carbocycles. The molecule has 19 heteroatoms. The van der Waals surface area contributed by atoms with Gasteiger partial charge in [0.05, 0.1) is 38.6 Å². The Balaban J connectivity index is 1.39. The Labute approximate surface area is 567 Å². The molecule has 0 bridgehead atoms. The normalized spacial score (nSPS) is 27.6. The molecule has 550 valence electrons. The Morgan fingerprint density at radius 2 is 0.713 bits per heavy atom. The number of ether oxygens (including phenoxy) is 6. The molecule has 3 fully saturated rings. The van der Waals surface area contributed by atoms with Crippen LogP contribution < -0.4 is 5.32 Å². The maximum atomic E-state index is 13.4. The monoisotopic (exact) mass is 1340 g/mol. The zero-order chi connectivity index (χ0) is 68.2. The molecule has 3 aliphatic heterocycles. The number of aliphatic hydroxyl groups is 11. The molecule has 3 saturated heterocycles. The van der Waals surface area contributed by atoms with Crippen molar-refractivity contribution in [3.63, 3.8) is 0 Å². The highest BCUT2D eigenvalue weighted by atomic mass is 16.8. The van der Waals surface area contributed by atoms with Crippen LogP contribution in [-0.2, 0) is 33.2 Å². The number of hydrogen-bond donors (Lipinski definition) is 12. The standard InChI is InChI=1S/C75H137NO18/c1-3-5-7-9-11-13-15-17-19-21-22-23-24-25-26-27-28-29-30-31-32-33-34-35-37-38-40-42-44-46-48-50-52-59(80)58(76-63(81)53-51-49-47-45-43-41-39-36-20-18-16-14-12-10-8-6-4-2)57-89-73-69(87)66(84)71(61(55-78)91-73)94-75-70(88)67(85)72(62(56-79)92-75)93-74-68(86)65(83)64(82)60(54-77)90-74/h12,14,18,20,42,44,50,52,58-62,64-75,77-80,82-88H,3-11,13,15-17,19,21-41,43,45-49,51,53-57H2,1-2H3,(H,76,81)/b14-12-,20-18-,44-42+,52-50+. The van der Waals surface area contributed by atoms with Gasteiger partial charge in [0.1, 0.15) is 73.2 Å². The van der Waals surface area contributed by atoms with Crippen LogP contribution in [0.2, 0.25) is 0 Å². The Kier molecular flexibility index (Phi) is 51.7. The van der Waals surface area contributed by atoms with Crippen molar-refractivity contribution < 1.29 is 89.4 Å². The van der Waals surface area contributed by atoms with E-state index >= 15 is 0 Å². The number of rotatable bonds is 59. The quantitative estimate of drug-likeness (QED) is 0.0199. The number of hydrogen-bond acceptors (Lipinski definition) is 18. The van der Waals surface area contributed by atoms with Gasteiger partial charge in [-0.05, 0) is 64.2 Å². The van der Waals surface area contributed by atoms with Gasteiger partial charge >= 0.3 is 0 Å². The molecule has 19 nitrogen and oxygen atoms in total. The average molecular weight is 1340 g/mol. The number of allylic oxidation sites excluding steroid dienone is 7. The lowest BCUT2D eigenvalue weighted by atomic mass is 9.96. The van der Waals surface area contributed by atoms with E-state index in [2.05, 4.69) is 55.6 Å². The summed E-state index contributed by atoms with van der Waals surface area (Å²) >= 11 is 0. The van der Waals surface area contributed by atoms with E-state index < -0.39 is 124 Å². The molecule has 0 aromatic carbocycles. The maximum Gasteiger partial charge on any atom is 0.220 e. The summed E-state index contributed by atoms with van der Waals surface area (Å²) in [6.07, 6.45) is 42.5. The predicted octanol–water partition coefficient (Wildman–Crippen LogP) is 11.3. The topological polar surface area (TPSA) is 307 Å². The lowest BCUT2D eigenvalue weighted by Crippen LogP contribution is -2.66. The van der Waals surface area contributed by atoms with E-state index in [1.54, 1.807) is 6.08 Å².